The molecule has 1 fully saturated rings. The van der Waals surface area contributed by atoms with Gasteiger partial charge in [-0.05, 0) is 38.4 Å². The zero-order chi connectivity index (χ0) is 17.4. The highest BCUT2D eigenvalue weighted by molar-refractivity contribution is 6.55. The molecule has 7 heteroatoms. The molecule has 1 saturated heterocycles. The fourth-order valence-corrected chi connectivity index (χ4v) is 3.31. The average molecular weight is 413 g/mol. The Morgan fingerprint density at radius 2 is 1.71 bits per heavy atom. The van der Waals surface area contributed by atoms with E-state index in [2.05, 4.69) is 4.90 Å². The fraction of sp³-hybridized carbons (Fsp3) is 0.529. The summed E-state index contributed by atoms with van der Waals surface area (Å²) in [5.41, 5.74) is 0. The lowest BCUT2D eigenvalue weighted by molar-refractivity contribution is 0.205. The van der Waals surface area contributed by atoms with E-state index in [0.29, 0.717) is 28.2 Å². The third kappa shape index (κ3) is 6.89. The number of benzene rings is 1. The average Bonchev–Trinajstić information content (AvgIpc) is 2.54. The molecular formula is C17H21Cl4NO2. The summed E-state index contributed by atoms with van der Waals surface area (Å²) in [6.07, 6.45) is 6.42. The first-order valence-corrected chi connectivity index (χ1v) is 9.55. The maximum absolute atomic E-state index is 6.24. The molecule has 0 N–H and O–H groups in total. The molecule has 0 aliphatic carbocycles. The van der Waals surface area contributed by atoms with E-state index in [1.54, 1.807) is 12.1 Å². The second-order valence-corrected chi connectivity index (χ2v) is 7.45. The highest BCUT2D eigenvalue weighted by Gasteiger charge is 2.12. The van der Waals surface area contributed by atoms with Crippen molar-refractivity contribution in [2.24, 2.45) is 0 Å². The van der Waals surface area contributed by atoms with Crippen LogP contribution in [0.1, 0.15) is 25.7 Å². The Kier molecular flexibility index (Phi) is 8.85. The topological polar surface area (TPSA) is 21.7 Å². The lowest BCUT2D eigenvalue weighted by Crippen LogP contribution is -2.31. The third-order valence-corrected chi connectivity index (χ3v) is 4.64. The smallest absolute Gasteiger partial charge is 0.156 e. The van der Waals surface area contributed by atoms with Crippen LogP contribution in [0.5, 0.6) is 11.5 Å². The van der Waals surface area contributed by atoms with Crippen LogP contribution in [-0.2, 0) is 0 Å². The molecule has 0 radical (unpaired) electrons. The van der Waals surface area contributed by atoms with E-state index in [-0.39, 0.29) is 11.1 Å². The predicted molar refractivity (Wildman–Crippen MR) is 102 cm³/mol. The predicted octanol–water partition coefficient (Wildman–Crippen LogP) is 5.95. The van der Waals surface area contributed by atoms with Crippen molar-refractivity contribution in [3.05, 3.63) is 32.7 Å². The number of halogens is 4. The minimum atomic E-state index is 0.154. The van der Waals surface area contributed by atoms with Crippen LogP contribution in [0.2, 0.25) is 10.0 Å². The second-order valence-electron chi connectivity index (χ2n) is 5.63. The van der Waals surface area contributed by atoms with Gasteiger partial charge in [-0.2, -0.15) is 0 Å². The molecule has 0 spiro atoms. The molecular weight excluding hydrogens is 392 g/mol. The summed E-state index contributed by atoms with van der Waals surface area (Å²) in [6.45, 7) is 4.25. The molecule has 24 heavy (non-hydrogen) atoms. The van der Waals surface area contributed by atoms with Crippen LogP contribution in [0, 0.1) is 0 Å². The minimum absolute atomic E-state index is 0.154. The summed E-state index contributed by atoms with van der Waals surface area (Å²) in [5.74, 6) is 1.03. The van der Waals surface area contributed by atoms with Crippen LogP contribution in [0.25, 0.3) is 0 Å². The molecule has 0 atom stereocenters. The molecule has 0 saturated carbocycles. The fourth-order valence-electron chi connectivity index (χ4n) is 2.60. The van der Waals surface area contributed by atoms with E-state index in [4.69, 9.17) is 55.9 Å². The van der Waals surface area contributed by atoms with Gasteiger partial charge in [0.25, 0.3) is 0 Å². The number of piperidine rings is 1. The number of rotatable bonds is 8. The summed E-state index contributed by atoms with van der Waals surface area (Å²) in [5, 5.41) is 0.854. The number of ether oxygens (including phenoxy) is 2. The molecule has 134 valence electrons. The van der Waals surface area contributed by atoms with Gasteiger partial charge in [-0.1, -0.05) is 52.8 Å². The quantitative estimate of drug-likeness (QED) is 0.492. The highest BCUT2D eigenvalue weighted by atomic mass is 35.5. The molecule has 1 aliphatic heterocycles. The van der Waals surface area contributed by atoms with E-state index in [0.717, 1.165) is 13.0 Å². The van der Waals surface area contributed by atoms with Crippen molar-refractivity contribution in [2.75, 3.05) is 32.8 Å². The Hall–Kier alpha value is -0.320. The standard InChI is InChI=1S/C17H21Cl4NO2/c18-14-11-13(23-10-5-16(20)21)12-15(19)17(14)24-9-4-8-22-6-2-1-3-7-22/h5,11-12H,1-4,6-10H2. The van der Waals surface area contributed by atoms with Crippen molar-refractivity contribution in [2.45, 2.75) is 25.7 Å². The number of likely N-dealkylation sites (tertiary alicyclic amines) is 1. The molecule has 0 bridgehead atoms. The molecule has 1 aromatic carbocycles. The van der Waals surface area contributed by atoms with Gasteiger partial charge in [-0.25, -0.2) is 0 Å². The summed E-state index contributed by atoms with van der Waals surface area (Å²) in [4.78, 5) is 2.47. The molecule has 1 heterocycles. The van der Waals surface area contributed by atoms with Crippen LogP contribution >= 0.6 is 46.4 Å². The van der Waals surface area contributed by atoms with Crippen LogP contribution < -0.4 is 9.47 Å². The van der Waals surface area contributed by atoms with Crippen molar-refractivity contribution >= 4 is 46.4 Å². The third-order valence-electron chi connectivity index (χ3n) is 3.77. The van der Waals surface area contributed by atoms with Gasteiger partial charge in [0.15, 0.2) is 5.75 Å². The van der Waals surface area contributed by atoms with Crippen molar-refractivity contribution < 1.29 is 9.47 Å². The molecule has 0 unspecified atom stereocenters. The largest absolute Gasteiger partial charge is 0.490 e. The normalized spacial score (nSPS) is 15.2. The Bertz CT molecular complexity index is 533. The lowest BCUT2D eigenvalue weighted by atomic mass is 10.1. The summed E-state index contributed by atoms with van der Waals surface area (Å²) < 4.78 is 11.4. The molecule has 1 aromatic rings. The monoisotopic (exact) mass is 411 g/mol. The van der Waals surface area contributed by atoms with Crippen molar-refractivity contribution in [1.29, 1.82) is 0 Å². The van der Waals surface area contributed by atoms with E-state index in [9.17, 15) is 0 Å². The van der Waals surface area contributed by atoms with Crippen LogP contribution in [0.4, 0.5) is 0 Å². The lowest BCUT2D eigenvalue weighted by Gasteiger charge is -2.26. The summed E-state index contributed by atoms with van der Waals surface area (Å²) in [6, 6.07) is 3.34. The maximum Gasteiger partial charge on any atom is 0.156 e. The molecule has 0 amide bonds. The van der Waals surface area contributed by atoms with E-state index in [1.165, 1.54) is 38.4 Å². The Labute approximate surface area is 163 Å². The zero-order valence-electron chi connectivity index (χ0n) is 13.4. The van der Waals surface area contributed by atoms with E-state index >= 15 is 0 Å². The first-order valence-electron chi connectivity index (χ1n) is 8.04. The Balaban J connectivity index is 1.80. The van der Waals surface area contributed by atoms with Crippen molar-refractivity contribution in [1.82, 2.24) is 4.90 Å². The highest BCUT2D eigenvalue weighted by Crippen LogP contribution is 2.37. The van der Waals surface area contributed by atoms with E-state index in [1.807, 2.05) is 0 Å². The number of hydrogen-bond acceptors (Lipinski definition) is 3. The maximum atomic E-state index is 6.24. The second kappa shape index (κ2) is 10.6. The van der Waals surface area contributed by atoms with Crippen molar-refractivity contribution in [3.63, 3.8) is 0 Å². The zero-order valence-corrected chi connectivity index (χ0v) is 16.4. The molecule has 0 aromatic heterocycles. The van der Waals surface area contributed by atoms with Gasteiger partial charge in [0.05, 0.1) is 16.7 Å². The number of hydrogen-bond donors (Lipinski definition) is 0. The summed E-state index contributed by atoms with van der Waals surface area (Å²) >= 11 is 23.5. The molecule has 2 rings (SSSR count). The van der Waals surface area contributed by atoms with Gasteiger partial charge in [-0.3, -0.25) is 0 Å². The minimum Gasteiger partial charge on any atom is -0.490 e. The van der Waals surface area contributed by atoms with Crippen LogP contribution in [0.3, 0.4) is 0 Å². The first kappa shape index (κ1) is 20.0. The van der Waals surface area contributed by atoms with Gasteiger partial charge in [0, 0.05) is 18.7 Å². The molecule has 3 nitrogen and oxygen atoms in total. The van der Waals surface area contributed by atoms with Gasteiger partial charge < -0.3 is 14.4 Å². The van der Waals surface area contributed by atoms with Crippen LogP contribution in [0.15, 0.2) is 22.7 Å². The Morgan fingerprint density at radius 1 is 1.04 bits per heavy atom. The van der Waals surface area contributed by atoms with Gasteiger partial charge >= 0.3 is 0 Å². The van der Waals surface area contributed by atoms with E-state index < -0.39 is 0 Å². The summed E-state index contributed by atoms with van der Waals surface area (Å²) in [7, 11) is 0. The number of nitrogens with zero attached hydrogens (tertiary/aromatic N) is 1. The molecule has 1 aliphatic rings. The van der Waals surface area contributed by atoms with Crippen molar-refractivity contribution in [3.8, 4) is 11.5 Å². The van der Waals surface area contributed by atoms with Gasteiger partial charge in [-0.15, -0.1) is 0 Å². The van der Waals surface area contributed by atoms with Gasteiger partial charge in [0.1, 0.15) is 16.8 Å². The SMILES string of the molecule is ClC(Cl)=CCOc1cc(Cl)c(OCCCN2CCCCC2)c(Cl)c1. The first-order chi connectivity index (χ1) is 11.6. The van der Waals surface area contributed by atoms with Gasteiger partial charge in [0.2, 0.25) is 0 Å². The van der Waals surface area contributed by atoms with Crippen LogP contribution in [-0.4, -0.2) is 37.7 Å². The Morgan fingerprint density at radius 3 is 2.33 bits per heavy atom.